The number of aromatic nitrogens is 2. The summed E-state index contributed by atoms with van der Waals surface area (Å²) in [5.74, 6) is -5.83. The highest BCUT2D eigenvalue weighted by Gasteiger charge is 2.39. The molecule has 1 aliphatic rings. The van der Waals surface area contributed by atoms with Crippen LogP contribution in [-0.2, 0) is 40.0 Å². The maximum Gasteiger partial charge on any atom is 0.326 e. The lowest BCUT2D eigenvalue weighted by molar-refractivity contribution is -0.149. The first-order valence-corrected chi connectivity index (χ1v) is 16.7. The number of nitrogens with zero attached hydrogens (tertiary/aromatic N) is 2. The zero-order valence-electron chi connectivity index (χ0n) is 29.2. The van der Waals surface area contributed by atoms with Crippen LogP contribution in [0, 0.1) is 17.8 Å². The van der Waals surface area contributed by atoms with Crippen molar-refractivity contribution in [3.8, 4) is 0 Å². The lowest BCUT2D eigenvalue weighted by Crippen LogP contribution is -2.61. The fourth-order valence-electron chi connectivity index (χ4n) is 5.54. The number of nitrogens with two attached hydrogens (primary N) is 2. The van der Waals surface area contributed by atoms with Gasteiger partial charge in [-0.1, -0.05) is 41.5 Å². The smallest absolute Gasteiger partial charge is 0.326 e. The van der Waals surface area contributed by atoms with E-state index in [1.807, 2.05) is 13.8 Å². The van der Waals surface area contributed by atoms with Crippen molar-refractivity contribution in [1.29, 1.82) is 0 Å². The summed E-state index contributed by atoms with van der Waals surface area (Å²) in [6, 6.07) is -6.53. The molecule has 274 valence electrons. The normalized spacial score (nSPS) is 17.6. The largest absolute Gasteiger partial charge is 0.480 e. The van der Waals surface area contributed by atoms with Gasteiger partial charge in [0.05, 0.1) is 12.4 Å². The molecular formula is C32H53N9O8. The maximum absolute atomic E-state index is 13.7. The minimum Gasteiger partial charge on any atom is -0.480 e. The van der Waals surface area contributed by atoms with Crippen molar-refractivity contribution in [1.82, 2.24) is 36.1 Å². The maximum atomic E-state index is 13.7. The molecule has 17 heteroatoms. The average Bonchev–Trinajstić information content (AvgIpc) is 3.72. The number of aromatic amines is 1. The van der Waals surface area contributed by atoms with Gasteiger partial charge >= 0.3 is 5.97 Å². The Hall–Kier alpha value is -4.54. The van der Waals surface area contributed by atoms with Crippen LogP contribution >= 0.6 is 0 Å². The second-order valence-corrected chi connectivity index (χ2v) is 13.6. The van der Waals surface area contributed by atoms with E-state index in [0.29, 0.717) is 18.5 Å². The van der Waals surface area contributed by atoms with Gasteiger partial charge in [-0.25, -0.2) is 9.78 Å². The molecule has 0 bridgehead atoms. The minimum absolute atomic E-state index is 0.00283. The number of nitrogens with one attached hydrogen (secondary N) is 5. The summed E-state index contributed by atoms with van der Waals surface area (Å²) in [6.45, 7) is 10.8. The molecule has 0 aromatic carbocycles. The van der Waals surface area contributed by atoms with Gasteiger partial charge in [0.25, 0.3) is 0 Å². The lowest BCUT2D eigenvalue weighted by atomic mass is 9.98. The number of primary amides is 1. The molecule has 17 nitrogen and oxygen atoms in total. The third-order valence-electron chi connectivity index (χ3n) is 8.29. The lowest BCUT2D eigenvalue weighted by Gasteiger charge is -2.31. The third-order valence-corrected chi connectivity index (χ3v) is 8.29. The molecular weight excluding hydrogens is 638 g/mol. The van der Waals surface area contributed by atoms with Crippen molar-refractivity contribution in [2.24, 2.45) is 29.2 Å². The van der Waals surface area contributed by atoms with E-state index < -0.39 is 89.5 Å². The Kier molecular flexibility index (Phi) is 15.6. The second-order valence-electron chi connectivity index (χ2n) is 13.6. The number of carbonyl (C=O) groups is 7. The molecule has 0 aliphatic carbocycles. The third kappa shape index (κ3) is 12.5. The summed E-state index contributed by atoms with van der Waals surface area (Å²) in [5.41, 5.74) is 11.6. The Labute approximate surface area is 286 Å². The fourth-order valence-corrected chi connectivity index (χ4v) is 5.54. The summed E-state index contributed by atoms with van der Waals surface area (Å²) < 4.78 is 0. The molecule has 2 heterocycles. The number of rotatable bonds is 19. The molecule has 0 spiro atoms. The molecule has 0 radical (unpaired) electrons. The first-order valence-electron chi connectivity index (χ1n) is 16.7. The number of aliphatic carboxylic acids is 1. The summed E-state index contributed by atoms with van der Waals surface area (Å²) >= 11 is 0. The number of carboxylic acids is 1. The van der Waals surface area contributed by atoms with E-state index in [-0.39, 0.29) is 38.1 Å². The van der Waals surface area contributed by atoms with Crippen LogP contribution in [0.3, 0.4) is 0 Å². The van der Waals surface area contributed by atoms with E-state index >= 15 is 0 Å². The molecule has 1 aliphatic heterocycles. The van der Waals surface area contributed by atoms with Crippen molar-refractivity contribution in [2.75, 3.05) is 6.54 Å². The number of imidazole rings is 1. The summed E-state index contributed by atoms with van der Waals surface area (Å²) in [6.07, 6.45) is 3.81. The predicted molar refractivity (Wildman–Crippen MR) is 178 cm³/mol. The van der Waals surface area contributed by atoms with Gasteiger partial charge in [-0.2, -0.15) is 0 Å². The zero-order valence-corrected chi connectivity index (χ0v) is 29.2. The number of hydrogen-bond donors (Lipinski definition) is 8. The number of carboxylic acid groups (broad SMARTS) is 1. The number of hydrogen-bond acceptors (Lipinski definition) is 9. The van der Waals surface area contributed by atoms with Gasteiger partial charge in [-0.15, -0.1) is 0 Å². The average molecular weight is 692 g/mol. The van der Waals surface area contributed by atoms with Crippen molar-refractivity contribution >= 4 is 41.4 Å². The Balaban J connectivity index is 2.24. The van der Waals surface area contributed by atoms with E-state index in [9.17, 15) is 38.7 Å². The van der Waals surface area contributed by atoms with Gasteiger partial charge < -0.3 is 47.7 Å². The van der Waals surface area contributed by atoms with Crippen molar-refractivity contribution in [2.45, 2.75) is 116 Å². The highest BCUT2D eigenvalue weighted by molar-refractivity contribution is 5.96. The molecule has 1 aromatic rings. The van der Waals surface area contributed by atoms with E-state index in [4.69, 9.17) is 11.5 Å². The summed E-state index contributed by atoms with van der Waals surface area (Å²) in [7, 11) is 0. The quantitative estimate of drug-likeness (QED) is 0.0869. The van der Waals surface area contributed by atoms with Gasteiger partial charge in [-0.05, 0) is 43.4 Å². The topological polar surface area (TPSA) is 272 Å². The molecule has 49 heavy (non-hydrogen) atoms. The monoisotopic (exact) mass is 691 g/mol. The van der Waals surface area contributed by atoms with Crippen LogP contribution in [0.2, 0.25) is 0 Å². The molecule has 10 N–H and O–H groups in total. The minimum atomic E-state index is -1.15. The molecule has 1 aromatic heterocycles. The first kappa shape index (κ1) is 40.6. The molecule has 6 amide bonds. The van der Waals surface area contributed by atoms with Gasteiger partial charge in [0.15, 0.2) is 0 Å². The van der Waals surface area contributed by atoms with Crippen LogP contribution < -0.4 is 32.7 Å². The van der Waals surface area contributed by atoms with Gasteiger partial charge in [0.2, 0.25) is 35.4 Å². The van der Waals surface area contributed by atoms with Crippen LogP contribution in [0.1, 0.15) is 79.3 Å². The predicted octanol–water partition coefficient (Wildman–Crippen LogP) is -1.08. The molecule has 1 saturated heterocycles. The SMILES string of the molecule is CC(C)C[C@H](NC(=O)[C@@H](NC(=O)[C@@H](N)CCC(N)=O)C(C)C)C(=O)N[C@H](C(=O)N[C@@H](Cc1cnc[nH]1)C(=O)N1CCC[C@H]1C(=O)O)C(C)C. The summed E-state index contributed by atoms with van der Waals surface area (Å²) in [4.78, 5) is 98.2. The van der Waals surface area contributed by atoms with Crippen LogP contribution in [0.5, 0.6) is 0 Å². The number of likely N-dealkylation sites (tertiary alicyclic amines) is 1. The highest BCUT2D eigenvalue weighted by Crippen LogP contribution is 2.20. The van der Waals surface area contributed by atoms with E-state index in [2.05, 4.69) is 31.2 Å². The van der Waals surface area contributed by atoms with Crippen molar-refractivity contribution in [3.05, 3.63) is 18.2 Å². The number of carbonyl (C=O) groups excluding carboxylic acids is 6. The van der Waals surface area contributed by atoms with Crippen LogP contribution in [-0.4, -0.2) is 104 Å². The van der Waals surface area contributed by atoms with E-state index in [0.717, 1.165) is 0 Å². The van der Waals surface area contributed by atoms with Gasteiger partial charge in [0, 0.05) is 31.3 Å². The standard InChI is InChI=1S/C32H53N9O8/c1-16(2)12-21(37-29(45)25(17(3)4)39-27(43)20(33)9-10-24(34)42)28(44)40-26(18(5)6)30(46)38-22(13-19-14-35-15-36-19)31(47)41-11-7-8-23(41)32(48)49/h14-18,20-23,25-26H,7-13,33H2,1-6H3,(H2,34,42)(H,35,36)(H,37,45)(H,38,46)(H,39,43)(H,40,44)(H,48,49)/t20-,21-,22-,23-,25-,26-/m0/s1. The zero-order chi connectivity index (χ0) is 37.0. The fraction of sp³-hybridized carbons (Fsp3) is 0.688. The molecule has 6 atom stereocenters. The van der Waals surface area contributed by atoms with E-state index in [1.165, 1.54) is 17.4 Å². The number of H-pyrrole nitrogens is 1. The molecule has 2 rings (SSSR count). The van der Waals surface area contributed by atoms with Crippen LogP contribution in [0.15, 0.2) is 12.5 Å². The van der Waals surface area contributed by atoms with Gasteiger partial charge in [-0.3, -0.25) is 28.8 Å². The van der Waals surface area contributed by atoms with Crippen LogP contribution in [0.25, 0.3) is 0 Å². The van der Waals surface area contributed by atoms with Crippen LogP contribution in [0.4, 0.5) is 0 Å². The molecule has 0 saturated carbocycles. The Morgan fingerprint density at radius 3 is 1.96 bits per heavy atom. The molecule has 0 unspecified atom stereocenters. The number of amides is 6. The molecule has 1 fully saturated rings. The Morgan fingerprint density at radius 2 is 1.47 bits per heavy atom. The Bertz CT molecular complexity index is 1320. The van der Waals surface area contributed by atoms with Gasteiger partial charge in [0.1, 0.15) is 30.2 Å². The second kappa shape index (κ2) is 18.9. The van der Waals surface area contributed by atoms with E-state index in [1.54, 1.807) is 27.7 Å². The Morgan fingerprint density at radius 1 is 0.898 bits per heavy atom. The van der Waals surface area contributed by atoms with Crippen molar-refractivity contribution < 1.29 is 38.7 Å². The highest BCUT2D eigenvalue weighted by atomic mass is 16.4. The van der Waals surface area contributed by atoms with Crippen molar-refractivity contribution in [3.63, 3.8) is 0 Å². The first-order chi connectivity index (χ1) is 22.9. The summed E-state index contributed by atoms with van der Waals surface area (Å²) in [5, 5.41) is 20.4.